The zero-order valence-electron chi connectivity index (χ0n) is 14.2. The molecule has 0 bridgehead atoms. The van der Waals surface area contributed by atoms with Gasteiger partial charge in [0.2, 0.25) is 0 Å². The minimum Gasteiger partial charge on any atom is -0.410 e. The van der Waals surface area contributed by atoms with Crippen LogP contribution in [0.1, 0.15) is 53.9 Å². The fraction of sp³-hybridized carbons (Fsp3) is 0.824. The number of allylic oxidation sites excluding steroid dienone is 1. The van der Waals surface area contributed by atoms with Crippen molar-refractivity contribution in [1.82, 2.24) is 0 Å². The minimum atomic E-state index is -1.75. The van der Waals surface area contributed by atoms with E-state index < -0.39 is 8.32 Å². The first-order valence-electron chi connectivity index (χ1n) is 7.80. The molecular formula is C17H30O2Si. The van der Waals surface area contributed by atoms with Gasteiger partial charge in [-0.2, -0.15) is 0 Å². The molecule has 1 fully saturated rings. The van der Waals surface area contributed by atoms with Gasteiger partial charge >= 0.3 is 0 Å². The Bertz CT molecular complexity index is 442. The van der Waals surface area contributed by atoms with E-state index in [1.807, 2.05) is 0 Å². The Hall–Kier alpha value is -0.413. The van der Waals surface area contributed by atoms with E-state index in [-0.39, 0.29) is 16.1 Å². The predicted octanol–water partition coefficient (Wildman–Crippen LogP) is 4.71. The second-order valence-corrected chi connectivity index (χ2v) is 13.4. The molecule has 0 amide bonds. The lowest BCUT2D eigenvalue weighted by molar-refractivity contribution is -0.107. The van der Waals surface area contributed by atoms with E-state index in [0.29, 0.717) is 12.3 Å². The highest BCUT2D eigenvalue weighted by Gasteiger charge is 2.73. The van der Waals surface area contributed by atoms with Crippen molar-refractivity contribution in [2.45, 2.75) is 77.6 Å². The normalized spacial score (nSPS) is 32.4. The summed E-state index contributed by atoms with van der Waals surface area (Å²) in [6.45, 7) is 16.3. The number of aldehydes is 1. The van der Waals surface area contributed by atoms with E-state index in [1.54, 1.807) is 0 Å². The molecule has 0 aromatic rings. The van der Waals surface area contributed by atoms with Crippen LogP contribution in [-0.4, -0.2) is 20.2 Å². The lowest BCUT2D eigenvalue weighted by atomic mass is 9.96. The van der Waals surface area contributed by atoms with E-state index in [1.165, 1.54) is 5.57 Å². The molecule has 3 heteroatoms. The number of hydrogen-bond acceptors (Lipinski definition) is 2. The van der Waals surface area contributed by atoms with E-state index in [0.717, 1.165) is 19.1 Å². The monoisotopic (exact) mass is 294 g/mol. The van der Waals surface area contributed by atoms with Crippen molar-refractivity contribution in [3.05, 3.63) is 11.6 Å². The van der Waals surface area contributed by atoms with Crippen LogP contribution in [0.4, 0.5) is 0 Å². The molecule has 2 nitrogen and oxygen atoms in total. The van der Waals surface area contributed by atoms with Crippen LogP contribution in [0.3, 0.4) is 0 Å². The predicted molar refractivity (Wildman–Crippen MR) is 86.3 cm³/mol. The third-order valence-electron chi connectivity index (χ3n) is 6.19. The van der Waals surface area contributed by atoms with Gasteiger partial charge in [0, 0.05) is 6.42 Å². The Labute approximate surface area is 125 Å². The molecule has 0 unspecified atom stereocenters. The van der Waals surface area contributed by atoms with Crippen LogP contribution in [0.25, 0.3) is 0 Å². The van der Waals surface area contributed by atoms with E-state index in [2.05, 4.69) is 53.8 Å². The molecule has 2 aliphatic rings. The Morgan fingerprint density at radius 1 is 1.40 bits per heavy atom. The van der Waals surface area contributed by atoms with Crippen LogP contribution in [0, 0.1) is 11.3 Å². The quantitative estimate of drug-likeness (QED) is 0.426. The summed E-state index contributed by atoms with van der Waals surface area (Å²) in [7, 11) is -1.75. The standard InChI is InChI=1S/C17H30O2Si/c1-15(2,3)20(6,7)19-17-10-8-13(9-11-18)12-14(17)16(17,4)5/h8,11,14H,9-10,12H2,1-7H3/t14-,17+/m0/s1. The SMILES string of the molecule is CC1(C)[C@@H]2CC(CC=O)=CC[C@@]21O[Si](C)(C)C(C)(C)C. The number of carbonyl (C=O) groups is 1. The van der Waals surface area contributed by atoms with Crippen molar-refractivity contribution in [3.8, 4) is 0 Å². The first kappa shape index (κ1) is 16.0. The maximum atomic E-state index is 10.7. The lowest BCUT2D eigenvalue weighted by Crippen LogP contribution is -2.46. The largest absolute Gasteiger partial charge is 0.410 e. The Morgan fingerprint density at radius 3 is 2.45 bits per heavy atom. The molecule has 0 spiro atoms. The van der Waals surface area contributed by atoms with E-state index >= 15 is 0 Å². The molecule has 0 heterocycles. The Balaban J connectivity index is 2.21. The summed E-state index contributed by atoms with van der Waals surface area (Å²) in [4.78, 5) is 10.7. The summed E-state index contributed by atoms with van der Waals surface area (Å²) in [5, 5.41) is 0.248. The zero-order chi connectivity index (χ0) is 15.4. The highest BCUT2D eigenvalue weighted by atomic mass is 28.4. The Morgan fingerprint density at radius 2 is 2.00 bits per heavy atom. The van der Waals surface area contributed by atoms with Crippen molar-refractivity contribution in [2.24, 2.45) is 11.3 Å². The van der Waals surface area contributed by atoms with Gasteiger partial charge in [-0.05, 0) is 42.3 Å². The van der Waals surface area contributed by atoms with Gasteiger partial charge in [0.25, 0.3) is 0 Å². The highest BCUT2D eigenvalue weighted by molar-refractivity contribution is 6.74. The lowest BCUT2D eigenvalue weighted by Gasteiger charge is -2.41. The molecule has 0 radical (unpaired) electrons. The van der Waals surface area contributed by atoms with Crippen LogP contribution in [0.5, 0.6) is 0 Å². The van der Waals surface area contributed by atoms with Crippen molar-refractivity contribution in [2.75, 3.05) is 0 Å². The van der Waals surface area contributed by atoms with Crippen molar-refractivity contribution in [1.29, 1.82) is 0 Å². The van der Waals surface area contributed by atoms with Crippen LogP contribution in [0.15, 0.2) is 11.6 Å². The molecule has 2 aliphatic carbocycles. The van der Waals surface area contributed by atoms with Gasteiger partial charge in [-0.1, -0.05) is 46.3 Å². The van der Waals surface area contributed by atoms with Crippen molar-refractivity contribution >= 4 is 14.6 Å². The molecule has 0 aromatic carbocycles. The third kappa shape index (κ3) is 2.23. The van der Waals surface area contributed by atoms with Crippen molar-refractivity contribution < 1.29 is 9.22 Å². The zero-order valence-corrected chi connectivity index (χ0v) is 15.2. The summed E-state index contributed by atoms with van der Waals surface area (Å²) >= 11 is 0. The number of fused-ring (bicyclic) bond motifs is 1. The third-order valence-corrected chi connectivity index (χ3v) is 10.7. The number of hydrogen-bond donors (Lipinski definition) is 0. The smallest absolute Gasteiger partial charge is 0.192 e. The molecule has 2 atom stereocenters. The number of rotatable bonds is 4. The van der Waals surface area contributed by atoms with Crippen molar-refractivity contribution in [3.63, 3.8) is 0 Å². The van der Waals surface area contributed by atoms with Crippen LogP contribution < -0.4 is 0 Å². The number of carbonyl (C=O) groups excluding carboxylic acids is 1. The van der Waals surface area contributed by atoms with Gasteiger partial charge in [-0.15, -0.1) is 0 Å². The molecule has 1 saturated carbocycles. The topological polar surface area (TPSA) is 26.3 Å². The molecular weight excluding hydrogens is 264 g/mol. The first-order valence-corrected chi connectivity index (χ1v) is 10.7. The van der Waals surface area contributed by atoms with Crippen LogP contribution in [0.2, 0.25) is 18.1 Å². The van der Waals surface area contributed by atoms with Crippen LogP contribution in [-0.2, 0) is 9.22 Å². The van der Waals surface area contributed by atoms with E-state index in [9.17, 15) is 4.79 Å². The fourth-order valence-corrected chi connectivity index (χ4v) is 5.22. The molecule has 20 heavy (non-hydrogen) atoms. The first-order chi connectivity index (χ1) is 8.98. The van der Waals surface area contributed by atoms with Gasteiger partial charge in [-0.25, -0.2) is 0 Å². The highest BCUT2D eigenvalue weighted by Crippen LogP contribution is 2.71. The van der Waals surface area contributed by atoms with Gasteiger partial charge in [0.15, 0.2) is 8.32 Å². The molecule has 0 aliphatic heterocycles. The fourth-order valence-electron chi connectivity index (χ4n) is 3.52. The summed E-state index contributed by atoms with van der Waals surface area (Å²) < 4.78 is 6.85. The molecule has 114 valence electrons. The molecule has 0 aromatic heterocycles. The second-order valence-electron chi connectivity index (χ2n) is 8.67. The molecule has 0 saturated heterocycles. The molecule has 2 rings (SSSR count). The second kappa shape index (κ2) is 4.54. The summed E-state index contributed by atoms with van der Waals surface area (Å²) in [5.74, 6) is 0.587. The Kier molecular flexibility index (Phi) is 3.62. The van der Waals surface area contributed by atoms with Gasteiger partial charge in [-0.3, -0.25) is 0 Å². The van der Waals surface area contributed by atoms with E-state index in [4.69, 9.17) is 4.43 Å². The van der Waals surface area contributed by atoms with Gasteiger partial charge < -0.3 is 9.22 Å². The van der Waals surface area contributed by atoms with Crippen LogP contribution >= 0.6 is 0 Å². The van der Waals surface area contributed by atoms with Gasteiger partial charge in [0.1, 0.15) is 6.29 Å². The summed E-state index contributed by atoms with van der Waals surface area (Å²) in [5.41, 5.74) is 1.58. The van der Waals surface area contributed by atoms with Gasteiger partial charge in [0.05, 0.1) is 5.60 Å². The maximum absolute atomic E-state index is 10.7. The maximum Gasteiger partial charge on any atom is 0.192 e. The minimum absolute atomic E-state index is 0.0301. The average molecular weight is 295 g/mol. The summed E-state index contributed by atoms with van der Waals surface area (Å²) in [6, 6.07) is 0. The molecule has 0 N–H and O–H groups in total. The average Bonchev–Trinajstić information content (AvgIpc) is 2.74. The summed E-state index contributed by atoms with van der Waals surface area (Å²) in [6.07, 6.45) is 5.93.